The van der Waals surface area contributed by atoms with Crippen molar-refractivity contribution in [3.05, 3.63) is 130 Å². The van der Waals surface area contributed by atoms with Crippen molar-refractivity contribution in [2.45, 2.75) is 25.2 Å². The molecule has 0 fully saturated rings. The van der Waals surface area contributed by atoms with E-state index in [0.29, 0.717) is 0 Å². The van der Waals surface area contributed by atoms with E-state index in [9.17, 15) is 27.6 Å². The zero-order valence-electron chi connectivity index (χ0n) is 24.1. The topological polar surface area (TPSA) is 77.8 Å². The Hall–Kier alpha value is -5.38. The lowest BCUT2D eigenvalue weighted by Crippen LogP contribution is -2.31. The van der Waals surface area contributed by atoms with Crippen LogP contribution in [-0.4, -0.2) is 30.7 Å². The van der Waals surface area contributed by atoms with E-state index in [-0.39, 0.29) is 54.2 Å². The first-order valence-electron chi connectivity index (χ1n) is 14.1. The van der Waals surface area contributed by atoms with Crippen LogP contribution in [0.1, 0.15) is 28.3 Å². The van der Waals surface area contributed by atoms with Crippen molar-refractivity contribution in [2.24, 2.45) is 0 Å². The van der Waals surface area contributed by atoms with Crippen LogP contribution in [0.4, 0.5) is 19.0 Å². The Bertz CT molecular complexity index is 1970. The molecule has 0 aliphatic carbocycles. The second-order valence-corrected chi connectivity index (χ2v) is 10.7. The van der Waals surface area contributed by atoms with Gasteiger partial charge in [-0.1, -0.05) is 84.9 Å². The maximum atomic E-state index is 14.2. The Labute approximate surface area is 256 Å². The number of nitrogens with zero attached hydrogens (tertiary/aromatic N) is 2. The third-order valence-corrected chi connectivity index (χ3v) is 8.03. The van der Waals surface area contributed by atoms with E-state index >= 15 is 0 Å². The predicted molar refractivity (Wildman–Crippen MR) is 163 cm³/mol. The smallest absolute Gasteiger partial charge is 0.416 e. The van der Waals surface area contributed by atoms with Crippen LogP contribution < -0.4 is 15.2 Å². The van der Waals surface area contributed by atoms with Gasteiger partial charge >= 0.3 is 12.1 Å². The van der Waals surface area contributed by atoms with Gasteiger partial charge in [-0.15, -0.1) is 0 Å². The van der Waals surface area contributed by atoms with Gasteiger partial charge in [-0.3, -0.25) is 14.2 Å². The lowest BCUT2D eigenvalue weighted by atomic mass is 9.91. The molecule has 0 amide bonds. The fourth-order valence-corrected chi connectivity index (χ4v) is 6.07. The molecule has 2 heterocycles. The molecule has 1 atom stereocenters. The molecule has 0 saturated heterocycles. The molecular formula is C35H27F3N2O5. The summed E-state index contributed by atoms with van der Waals surface area (Å²) in [6.45, 7) is 0.346. The molecule has 1 aliphatic heterocycles. The number of rotatable bonds is 8. The highest BCUT2D eigenvalue weighted by atomic mass is 19.4. The minimum atomic E-state index is -4.65. The van der Waals surface area contributed by atoms with Crippen molar-refractivity contribution in [1.82, 2.24) is 4.57 Å². The second kappa shape index (κ2) is 12.0. The SMILES string of the molecule is COC(=O)C1CN(Cc2ccccc2)c2c(-c3cccc(C(F)(F)F)c3)c(Cc3cccc4ccccc34)c(OC=O)c(=O)n21. The van der Waals surface area contributed by atoms with Crippen LogP contribution in [0.3, 0.4) is 0 Å². The Morgan fingerprint density at radius 2 is 1.67 bits per heavy atom. The van der Waals surface area contributed by atoms with Crippen molar-refractivity contribution >= 4 is 29.0 Å². The van der Waals surface area contributed by atoms with E-state index in [1.165, 1.54) is 23.8 Å². The summed E-state index contributed by atoms with van der Waals surface area (Å²) >= 11 is 0. The number of hydrogen-bond donors (Lipinski definition) is 0. The summed E-state index contributed by atoms with van der Waals surface area (Å²) < 4.78 is 53.6. The van der Waals surface area contributed by atoms with E-state index in [4.69, 9.17) is 9.47 Å². The van der Waals surface area contributed by atoms with E-state index in [2.05, 4.69) is 0 Å². The normalized spacial score (nSPS) is 14.3. The molecule has 0 saturated carbocycles. The molecule has 0 bridgehead atoms. The molecule has 1 unspecified atom stereocenters. The zero-order chi connectivity index (χ0) is 31.7. The third-order valence-electron chi connectivity index (χ3n) is 8.03. The maximum Gasteiger partial charge on any atom is 0.416 e. The fraction of sp³-hybridized carbons (Fsp3) is 0.171. The number of carbonyl (C=O) groups excluding carboxylic acids is 2. The summed E-state index contributed by atoms with van der Waals surface area (Å²) in [5.41, 5.74) is 0.554. The average Bonchev–Trinajstić information content (AvgIpc) is 3.41. The highest BCUT2D eigenvalue weighted by molar-refractivity contribution is 5.89. The Kier molecular flexibility index (Phi) is 7.88. The molecule has 5 aromatic rings. The highest BCUT2D eigenvalue weighted by Crippen LogP contribution is 2.45. The van der Waals surface area contributed by atoms with Crippen LogP contribution in [0, 0.1) is 0 Å². The number of alkyl halides is 3. The van der Waals surface area contributed by atoms with Crippen LogP contribution in [0.25, 0.3) is 21.9 Å². The van der Waals surface area contributed by atoms with Gasteiger partial charge in [0.25, 0.3) is 12.0 Å². The van der Waals surface area contributed by atoms with Gasteiger partial charge in [0.05, 0.1) is 19.2 Å². The summed E-state index contributed by atoms with van der Waals surface area (Å²) in [4.78, 5) is 40.9. The molecule has 6 rings (SSSR count). The summed E-state index contributed by atoms with van der Waals surface area (Å²) in [5, 5.41) is 1.78. The number of fused-ring (bicyclic) bond motifs is 2. The number of halogens is 3. The van der Waals surface area contributed by atoms with Crippen molar-refractivity contribution in [1.29, 1.82) is 0 Å². The number of aromatic nitrogens is 1. The van der Waals surface area contributed by atoms with Crippen LogP contribution >= 0.6 is 0 Å². The quantitative estimate of drug-likeness (QED) is 0.146. The van der Waals surface area contributed by atoms with Crippen molar-refractivity contribution in [3.63, 3.8) is 0 Å². The highest BCUT2D eigenvalue weighted by Gasteiger charge is 2.41. The number of pyridine rings is 1. The minimum Gasteiger partial charge on any atom is -0.467 e. The van der Waals surface area contributed by atoms with Gasteiger partial charge in [0, 0.05) is 24.1 Å². The molecule has 10 heteroatoms. The standard InChI is InChI=1S/C35H27F3N2O5/c1-44-34(43)29-20-39(19-22-9-3-2-4-10-22)32-30(25-14-8-15-26(17-25)35(36,37)38)28(31(45-21-41)33(42)40(29)32)18-24-13-7-12-23-11-5-6-16-27(23)24/h2-17,21,29H,18-20H2,1H3. The first-order chi connectivity index (χ1) is 21.7. The third kappa shape index (κ3) is 5.55. The molecular weight excluding hydrogens is 585 g/mol. The molecule has 1 aromatic heterocycles. The summed E-state index contributed by atoms with van der Waals surface area (Å²) in [6.07, 6.45) is -4.61. The molecule has 7 nitrogen and oxygen atoms in total. The van der Waals surface area contributed by atoms with Crippen LogP contribution in [0.2, 0.25) is 0 Å². The maximum absolute atomic E-state index is 14.2. The molecule has 4 aromatic carbocycles. The van der Waals surface area contributed by atoms with Crippen LogP contribution in [0.5, 0.6) is 5.75 Å². The molecule has 228 valence electrons. The fourth-order valence-electron chi connectivity index (χ4n) is 6.07. The van der Waals surface area contributed by atoms with Crippen LogP contribution in [-0.2, 0) is 33.5 Å². The van der Waals surface area contributed by atoms with Crippen molar-refractivity contribution in [3.8, 4) is 16.9 Å². The Morgan fingerprint density at radius 1 is 0.956 bits per heavy atom. The first kappa shape index (κ1) is 29.7. The summed E-state index contributed by atoms with van der Waals surface area (Å²) in [6, 6.07) is 26.1. The van der Waals surface area contributed by atoms with Gasteiger partial charge in [0.1, 0.15) is 5.82 Å². The largest absolute Gasteiger partial charge is 0.467 e. The van der Waals surface area contributed by atoms with E-state index < -0.39 is 29.3 Å². The molecule has 45 heavy (non-hydrogen) atoms. The number of esters is 1. The van der Waals surface area contributed by atoms with Crippen molar-refractivity contribution < 1.29 is 32.2 Å². The van der Waals surface area contributed by atoms with Crippen LogP contribution in [0.15, 0.2) is 102 Å². The molecule has 0 spiro atoms. The summed E-state index contributed by atoms with van der Waals surface area (Å²) in [7, 11) is 1.19. The lowest BCUT2D eigenvalue weighted by molar-refractivity contribution is -0.144. The van der Waals surface area contributed by atoms with Gasteiger partial charge < -0.3 is 14.4 Å². The minimum absolute atomic E-state index is 0.00101. The predicted octanol–water partition coefficient (Wildman–Crippen LogP) is 6.55. The van der Waals surface area contributed by atoms with E-state index in [1.807, 2.05) is 72.8 Å². The number of methoxy groups -OCH3 is 1. The number of hydrogen-bond acceptors (Lipinski definition) is 6. The second-order valence-electron chi connectivity index (χ2n) is 10.7. The van der Waals surface area contributed by atoms with E-state index in [1.54, 1.807) is 4.90 Å². The first-order valence-corrected chi connectivity index (χ1v) is 14.1. The van der Waals surface area contributed by atoms with Gasteiger partial charge in [0.15, 0.2) is 11.8 Å². The Morgan fingerprint density at radius 3 is 2.40 bits per heavy atom. The zero-order valence-corrected chi connectivity index (χ0v) is 24.1. The van der Waals surface area contributed by atoms with Gasteiger partial charge in [-0.05, 0) is 39.6 Å². The number of benzene rings is 4. The number of carbonyl (C=O) groups is 2. The van der Waals surface area contributed by atoms with Crippen molar-refractivity contribution in [2.75, 3.05) is 18.6 Å². The van der Waals surface area contributed by atoms with E-state index in [0.717, 1.165) is 34.0 Å². The van der Waals surface area contributed by atoms with Gasteiger partial charge in [0.2, 0.25) is 0 Å². The molecule has 1 aliphatic rings. The monoisotopic (exact) mass is 612 g/mol. The van der Waals surface area contributed by atoms with Gasteiger partial charge in [-0.25, -0.2) is 4.79 Å². The lowest BCUT2D eigenvalue weighted by Gasteiger charge is -2.25. The Balaban J connectivity index is 1.70. The summed E-state index contributed by atoms with van der Waals surface area (Å²) in [5.74, 6) is -0.862. The number of anilines is 1. The molecule has 0 radical (unpaired) electrons. The molecule has 0 N–H and O–H groups in total. The average molecular weight is 613 g/mol. The number of ether oxygens (including phenoxy) is 2. The van der Waals surface area contributed by atoms with Gasteiger partial charge in [-0.2, -0.15) is 13.2 Å².